The van der Waals surface area contributed by atoms with Crippen LogP contribution in [-0.2, 0) is 38.6 Å². The van der Waals surface area contributed by atoms with Gasteiger partial charge in [-0.05, 0) is 43.2 Å². The highest BCUT2D eigenvalue weighted by Gasteiger charge is 2.33. The minimum Gasteiger partial charge on any atom is -0.391 e. The zero-order valence-electron chi connectivity index (χ0n) is 30.3. The van der Waals surface area contributed by atoms with E-state index in [1.807, 2.05) is 73.0 Å². The monoisotopic (exact) mass is 717 g/mol. The van der Waals surface area contributed by atoms with Crippen molar-refractivity contribution in [3.63, 3.8) is 0 Å². The maximum absolute atomic E-state index is 14.2. The summed E-state index contributed by atoms with van der Waals surface area (Å²) in [4.78, 5) is 60.4. The van der Waals surface area contributed by atoms with Crippen LogP contribution in [0.15, 0.2) is 71.6 Å². The number of benzene rings is 2. The number of rotatable bonds is 19. The fourth-order valence-corrected chi connectivity index (χ4v) is 7.45. The van der Waals surface area contributed by atoms with Crippen molar-refractivity contribution < 1.29 is 24.3 Å². The Balaban J connectivity index is 1.53. The second-order valence-corrected chi connectivity index (χ2v) is 14.7. The van der Waals surface area contributed by atoms with Crippen LogP contribution in [0.1, 0.15) is 82.0 Å². The summed E-state index contributed by atoms with van der Waals surface area (Å²) in [5, 5.41) is 22.2. The molecule has 1 aromatic heterocycles. The van der Waals surface area contributed by atoms with Gasteiger partial charge in [0, 0.05) is 44.3 Å². The third-order valence-electron chi connectivity index (χ3n) is 9.83. The van der Waals surface area contributed by atoms with Gasteiger partial charge in [0.2, 0.25) is 23.6 Å². The van der Waals surface area contributed by atoms with E-state index in [2.05, 4.69) is 20.9 Å². The van der Waals surface area contributed by atoms with E-state index in [0.717, 1.165) is 36.8 Å². The van der Waals surface area contributed by atoms with Crippen molar-refractivity contribution in [1.29, 1.82) is 0 Å². The molecular formula is C40H55N5O5S. The molecule has 0 aliphatic heterocycles. The Hall–Kier alpha value is -4.09. The fraction of sp³-hybridized carbons (Fsp3) is 0.525. The smallest absolute Gasteiger partial charge is 0.243 e. The van der Waals surface area contributed by atoms with Crippen LogP contribution in [0.2, 0.25) is 0 Å². The molecule has 11 heteroatoms. The number of amides is 4. The summed E-state index contributed by atoms with van der Waals surface area (Å²) in [5.74, 6) is -1.95. The first-order valence-electron chi connectivity index (χ1n) is 18.4. The average molecular weight is 718 g/mol. The summed E-state index contributed by atoms with van der Waals surface area (Å²) in [6.45, 7) is 4.55. The first kappa shape index (κ1) is 39.7. The summed E-state index contributed by atoms with van der Waals surface area (Å²) in [6.07, 6.45) is 5.74. The number of thiazole rings is 1. The van der Waals surface area contributed by atoms with Crippen LogP contribution in [-0.4, -0.2) is 70.4 Å². The molecule has 276 valence electrons. The number of aliphatic hydroxyl groups is 1. The summed E-state index contributed by atoms with van der Waals surface area (Å²) in [5.41, 5.74) is 4.24. The fourth-order valence-electron chi connectivity index (χ4n) is 6.87. The van der Waals surface area contributed by atoms with Crippen molar-refractivity contribution >= 4 is 35.0 Å². The van der Waals surface area contributed by atoms with Gasteiger partial charge in [0.05, 0.1) is 29.3 Å². The van der Waals surface area contributed by atoms with Crippen molar-refractivity contribution in [2.75, 3.05) is 13.6 Å². The predicted molar refractivity (Wildman–Crippen MR) is 201 cm³/mol. The van der Waals surface area contributed by atoms with Gasteiger partial charge >= 0.3 is 0 Å². The number of hydrogen-bond donors (Lipinski definition) is 4. The van der Waals surface area contributed by atoms with Gasteiger partial charge in [-0.1, -0.05) is 99.7 Å². The van der Waals surface area contributed by atoms with E-state index in [1.54, 1.807) is 24.4 Å². The number of hydrogen-bond acceptors (Lipinski definition) is 7. The van der Waals surface area contributed by atoms with E-state index >= 15 is 0 Å². The molecule has 10 nitrogen and oxygen atoms in total. The van der Waals surface area contributed by atoms with Gasteiger partial charge in [0.1, 0.15) is 6.04 Å². The SMILES string of the molecule is CCNC(=O)C(C)CC(O)C(CC1CCCCC1)NC(=O)[C@H](Cc1cscn1)NC(=O)C(CC(=O)N(C)Cc1ccccc1)Cc1ccccc1. The van der Waals surface area contributed by atoms with Gasteiger partial charge in [0.15, 0.2) is 0 Å². The second-order valence-electron chi connectivity index (χ2n) is 14.0. The molecule has 4 N–H and O–H groups in total. The van der Waals surface area contributed by atoms with Crippen molar-refractivity contribution in [3.05, 3.63) is 88.4 Å². The van der Waals surface area contributed by atoms with Gasteiger partial charge in [0.25, 0.3) is 0 Å². The number of carbonyl (C=O) groups excluding carboxylic acids is 4. The molecule has 0 saturated heterocycles. The molecule has 3 aromatic rings. The maximum atomic E-state index is 14.2. The zero-order chi connectivity index (χ0) is 36.6. The Morgan fingerprint density at radius 1 is 0.902 bits per heavy atom. The molecule has 0 bridgehead atoms. The Bertz CT molecular complexity index is 1500. The summed E-state index contributed by atoms with van der Waals surface area (Å²) in [6, 6.07) is 17.7. The Morgan fingerprint density at radius 2 is 1.57 bits per heavy atom. The summed E-state index contributed by atoms with van der Waals surface area (Å²) in [7, 11) is 1.73. The van der Waals surface area contributed by atoms with Crippen LogP contribution in [0.4, 0.5) is 0 Å². The first-order chi connectivity index (χ1) is 24.6. The van der Waals surface area contributed by atoms with Gasteiger partial charge in [-0.2, -0.15) is 0 Å². The highest BCUT2D eigenvalue weighted by atomic mass is 32.1. The number of aromatic nitrogens is 1. The van der Waals surface area contributed by atoms with Crippen molar-refractivity contribution in [3.8, 4) is 0 Å². The average Bonchev–Trinajstić information content (AvgIpc) is 3.65. The largest absolute Gasteiger partial charge is 0.391 e. The van der Waals surface area contributed by atoms with Crippen molar-refractivity contribution in [2.24, 2.45) is 17.8 Å². The number of carbonyl (C=O) groups is 4. The number of nitrogens with one attached hydrogen (secondary N) is 3. The molecule has 4 rings (SSSR count). The van der Waals surface area contributed by atoms with Gasteiger partial charge < -0.3 is 26.0 Å². The molecule has 4 amide bonds. The Labute approximate surface area is 306 Å². The Kier molecular flexibility index (Phi) is 16.1. The molecule has 5 atom stereocenters. The van der Waals surface area contributed by atoms with E-state index in [9.17, 15) is 24.3 Å². The van der Waals surface area contributed by atoms with E-state index in [-0.39, 0.29) is 31.1 Å². The highest BCUT2D eigenvalue weighted by molar-refractivity contribution is 7.07. The molecule has 1 aliphatic rings. The molecule has 1 saturated carbocycles. The van der Waals surface area contributed by atoms with Crippen molar-refractivity contribution in [1.82, 2.24) is 25.8 Å². The number of aliphatic hydroxyl groups excluding tert-OH is 1. The standard InChI is InChI=1S/C40H55N5O5S/c1-4-41-38(48)28(2)20-36(46)34(22-30-16-10-6-11-17-30)43-40(50)35(24-33-26-51-27-42-33)44-39(49)32(21-29-14-8-5-9-15-29)23-37(47)45(3)25-31-18-12-7-13-19-31/h5,7-9,12-15,18-19,26-28,30,32,34-36,46H,4,6,10-11,16-17,20-25H2,1-3H3,(H,41,48)(H,43,50)(H,44,49)/t28?,32?,34?,35-,36?/m0/s1. The lowest BCUT2D eigenvalue weighted by molar-refractivity contribution is -0.137. The molecule has 0 spiro atoms. The zero-order valence-corrected chi connectivity index (χ0v) is 31.1. The quantitative estimate of drug-likeness (QED) is 0.137. The van der Waals surface area contributed by atoms with Crippen LogP contribution in [0, 0.1) is 17.8 Å². The van der Waals surface area contributed by atoms with E-state index < -0.39 is 41.8 Å². The first-order valence-corrected chi connectivity index (χ1v) is 19.3. The van der Waals surface area contributed by atoms with Crippen LogP contribution in [0.5, 0.6) is 0 Å². The molecule has 4 unspecified atom stereocenters. The highest BCUT2D eigenvalue weighted by Crippen LogP contribution is 2.29. The summed E-state index contributed by atoms with van der Waals surface area (Å²) >= 11 is 1.40. The lowest BCUT2D eigenvalue weighted by Crippen LogP contribution is -2.55. The van der Waals surface area contributed by atoms with Crippen LogP contribution < -0.4 is 16.0 Å². The van der Waals surface area contributed by atoms with Crippen molar-refractivity contribution in [2.45, 2.75) is 103 Å². The normalized spacial score (nSPS) is 16.2. The lowest BCUT2D eigenvalue weighted by atomic mass is 9.82. The minimum atomic E-state index is -0.989. The van der Waals surface area contributed by atoms with E-state index in [1.165, 1.54) is 17.8 Å². The van der Waals surface area contributed by atoms with Gasteiger partial charge in [-0.15, -0.1) is 11.3 Å². The van der Waals surface area contributed by atoms with Crippen LogP contribution in [0.3, 0.4) is 0 Å². The van der Waals surface area contributed by atoms with Gasteiger partial charge in [-0.25, -0.2) is 4.98 Å². The molecule has 1 aliphatic carbocycles. The minimum absolute atomic E-state index is 0.0319. The van der Waals surface area contributed by atoms with E-state index in [4.69, 9.17) is 0 Å². The molecule has 1 heterocycles. The second kappa shape index (κ2) is 20.7. The molecular weight excluding hydrogens is 663 g/mol. The molecule has 1 fully saturated rings. The molecule has 0 radical (unpaired) electrons. The molecule has 51 heavy (non-hydrogen) atoms. The topological polar surface area (TPSA) is 141 Å². The number of nitrogens with zero attached hydrogens (tertiary/aromatic N) is 2. The maximum Gasteiger partial charge on any atom is 0.243 e. The van der Waals surface area contributed by atoms with Crippen LogP contribution in [0.25, 0.3) is 0 Å². The van der Waals surface area contributed by atoms with Crippen LogP contribution >= 0.6 is 11.3 Å². The lowest BCUT2D eigenvalue weighted by Gasteiger charge is -2.32. The Morgan fingerprint density at radius 3 is 2.20 bits per heavy atom. The van der Waals surface area contributed by atoms with E-state index in [0.29, 0.717) is 37.5 Å². The van der Waals surface area contributed by atoms with Gasteiger partial charge in [-0.3, -0.25) is 19.2 Å². The summed E-state index contributed by atoms with van der Waals surface area (Å²) < 4.78 is 0. The third-order valence-corrected chi connectivity index (χ3v) is 10.5. The molecule has 2 aromatic carbocycles. The predicted octanol–water partition coefficient (Wildman–Crippen LogP) is 5.06. The third kappa shape index (κ3) is 13.2.